The molecule has 2 atom stereocenters. The largest absolute Gasteiger partial charge is 0.403 e. The second kappa shape index (κ2) is 5.11. The SMILES string of the molecule is COC(C)C(C)N/C=C/N. The van der Waals surface area contributed by atoms with E-state index in [0.29, 0.717) is 6.04 Å². The standard InChI is InChI=1S/C7H16N2O/c1-6(7(2)10-3)9-5-4-8/h4-7,9H,8H2,1-3H3/b5-4+. The Hall–Kier alpha value is -0.700. The van der Waals surface area contributed by atoms with E-state index in [2.05, 4.69) is 5.32 Å². The van der Waals surface area contributed by atoms with Crippen molar-refractivity contribution in [3.8, 4) is 0 Å². The van der Waals surface area contributed by atoms with E-state index in [1.165, 1.54) is 6.20 Å². The van der Waals surface area contributed by atoms with Crippen LogP contribution >= 0.6 is 0 Å². The third-order valence-electron chi connectivity index (χ3n) is 1.53. The molecule has 0 aromatic rings. The normalized spacial score (nSPS) is 17.1. The summed E-state index contributed by atoms with van der Waals surface area (Å²) in [5, 5.41) is 3.05. The van der Waals surface area contributed by atoms with Crippen LogP contribution in [0.2, 0.25) is 0 Å². The van der Waals surface area contributed by atoms with E-state index in [1.54, 1.807) is 13.3 Å². The van der Waals surface area contributed by atoms with Gasteiger partial charge in [-0.2, -0.15) is 0 Å². The first-order valence-electron chi connectivity index (χ1n) is 3.38. The van der Waals surface area contributed by atoms with Crippen LogP contribution in [0.1, 0.15) is 13.8 Å². The molecule has 0 aromatic heterocycles. The highest BCUT2D eigenvalue weighted by Gasteiger charge is 2.07. The molecule has 60 valence electrons. The minimum Gasteiger partial charge on any atom is -0.403 e. The number of hydrogen-bond donors (Lipinski definition) is 2. The Kier molecular flexibility index (Phi) is 4.76. The molecule has 3 nitrogen and oxygen atoms in total. The van der Waals surface area contributed by atoms with Gasteiger partial charge < -0.3 is 15.8 Å². The molecule has 3 N–H and O–H groups in total. The number of methoxy groups -OCH3 is 1. The van der Waals surface area contributed by atoms with Crippen LogP contribution in [0.15, 0.2) is 12.4 Å². The lowest BCUT2D eigenvalue weighted by atomic mass is 10.2. The van der Waals surface area contributed by atoms with E-state index in [9.17, 15) is 0 Å². The molecule has 0 aliphatic heterocycles. The Bertz CT molecular complexity index is 104. The van der Waals surface area contributed by atoms with Crippen molar-refractivity contribution in [2.75, 3.05) is 7.11 Å². The van der Waals surface area contributed by atoms with Gasteiger partial charge in [0.2, 0.25) is 0 Å². The number of hydrogen-bond acceptors (Lipinski definition) is 3. The maximum atomic E-state index is 5.13. The predicted octanol–water partition coefficient (Wildman–Crippen LogP) is 0.429. The fraction of sp³-hybridized carbons (Fsp3) is 0.714. The fourth-order valence-electron chi connectivity index (χ4n) is 0.547. The van der Waals surface area contributed by atoms with Gasteiger partial charge in [-0.25, -0.2) is 0 Å². The molecule has 0 bridgehead atoms. The molecule has 0 radical (unpaired) electrons. The van der Waals surface area contributed by atoms with Gasteiger partial charge in [-0.15, -0.1) is 0 Å². The third kappa shape index (κ3) is 3.35. The second-order valence-corrected chi connectivity index (χ2v) is 2.26. The zero-order chi connectivity index (χ0) is 7.98. The monoisotopic (exact) mass is 144 g/mol. The van der Waals surface area contributed by atoms with Crippen LogP contribution in [0.4, 0.5) is 0 Å². The van der Waals surface area contributed by atoms with E-state index in [4.69, 9.17) is 10.5 Å². The molecule has 10 heavy (non-hydrogen) atoms. The van der Waals surface area contributed by atoms with Crippen molar-refractivity contribution in [3.63, 3.8) is 0 Å². The van der Waals surface area contributed by atoms with Gasteiger partial charge >= 0.3 is 0 Å². The summed E-state index contributed by atoms with van der Waals surface area (Å²) in [7, 11) is 1.69. The molecule has 0 aliphatic carbocycles. The quantitative estimate of drug-likeness (QED) is 0.601. The van der Waals surface area contributed by atoms with Gasteiger partial charge in [-0.3, -0.25) is 0 Å². The van der Waals surface area contributed by atoms with Crippen molar-refractivity contribution in [2.45, 2.75) is 26.0 Å². The van der Waals surface area contributed by atoms with Crippen molar-refractivity contribution in [3.05, 3.63) is 12.4 Å². The Morgan fingerprint density at radius 3 is 2.50 bits per heavy atom. The van der Waals surface area contributed by atoms with Gasteiger partial charge in [-0.1, -0.05) is 0 Å². The lowest BCUT2D eigenvalue weighted by Gasteiger charge is -2.18. The zero-order valence-corrected chi connectivity index (χ0v) is 6.79. The Balaban J connectivity index is 3.50. The van der Waals surface area contributed by atoms with Gasteiger partial charge in [-0.05, 0) is 13.8 Å². The maximum Gasteiger partial charge on any atom is 0.0741 e. The van der Waals surface area contributed by atoms with E-state index >= 15 is 0 Å². The lowest BCUT2D eigenvalue weighted by Crippen LogP contribution is -2.33. The highest BCUT2D eigenvalue weighted by molar-refractivity contribution is 4.79. The Morgan fingerprint density at radius 2 is 2.10 bits per heavy atom. The predicted molar refractivity (Wildman–Crippen MR) is 42.4 cm³/mol. The number of nitrogens with two attached hydrogens (primary N) is 1. The Labute approximate surface area is 62.2 Å². The molecule has 0 fully saturated rings. The van der Waals surface area contributed by atoms with Crippen LogP contribution in [0.25, 0.3) is 0 Å². The minimum atomic E-state index is 0.205. The molecule has 0 aromatic carbocycles. The van der Waals surface area contributed by atoms with Gasteiger partial charge in [0.25, 0.3) is 0 Å². The van der Waals surface area contributed by atoms with Gasteiger partial charge in [0.05, 0.1) is 6.10 Å². The number of nitrogens with one attached hydrogen (secondary N) is 1. The minimum absolute atomic E-state index is 0.205. The summed E-state index contributed by atoms with van der Waals surface area (Å²) >= 11 is 0. The van der Waals surface area contributed by atoms with Crippen molar-refractivity contribution in [1.82, 2.24) is 5.32 Å². The summed E-state index contributed by atoms with van der Waals surface area (Å²) < 4.78 is 5.07. The van der Waals surface area contributed by atoms with Gasteiger partial charge in [0.15, 0.2) is 0 Å². The first kappa shape index (κ1) is 9.30. The zero-order valence-electron chi connectivity index (χ0n) is 6.79. The van der Waals surface area contributed by atoms with E-state index < -0.39 is 0 Å². The van der Waals surface area contributed by atoms with E-state index in [-0.39, 0.29) is 6.10 Å². The Morgan fingerprint density at radius 1 is 1.50 bits per heavy atom. The second-order valence-electron chi connectivity index (χ2n) is 2.26. The molecular formula is C7H16N2O. The molecule has 0 heterocycles. The summed E-state index contributed by atoms with van der Waals surface area (Å²) in [5.41, 5.74) is 5.13. The molecule has 0 aliphatic rings. The summed E-state index contributed by atoms with van der Waals surface area (Å²) in [6.07, 6.45) is 3.38. The van der Waals surface area contributed by atoms with Crippen LogP contribution in [0, 0.1) is 0 Å². The van der Waals surface area contributed by atoms with Crippen molar-refractivity contribution >= 4 is 0 Å². The third-order valence-corrected chi connectivity index (χ3v) is 1.53. The van der Waals surface area contributed by atoms with Crippen LogP contribution in [0.5, 0.6) is 0 Å². The summed E-state index contributed by atoms with van der Waals surface area (Å²) in [6.45, 7) is 4.04. The van der Waals surface area contributed by atoms with Crippen molar-refractivity contribution in [1.29, 1.82) is 0 Å². The van der Waals surface area contributed by atoms with Crippen LogP contribution in [-0.4, -0.2) is 19.3 Å². The van der Waals surface area contributed by atoms with Crippen molar-refractivity contribution in [2.24, 2.45) is 5.73 Å². The first-order chi connectivity index (χ1) is 4.72. The number of ether oxygens (including phenoxy) is 1. The maximum absolute atomic E-state index is 5.13. The number of rotatable bonds is 4. The summed E-state index contributed by atoms with van der Waals surface area (Å²) in [6, 6.07) is 0.296. The fourth-order valence-corrected chi connectivity index (χ4v) is 0.547. The molecular weight excluding hydrogens is 128 g/mol. The smallest absolute Gasteiger partial charge is 0.0741 e. The molecule has 0 amide bonds. The average molecular weight is 144 g/mol. The van der Waals surface area contributed by atoms with Gasteiger partial charge in [0.1, 0.15) is 0 Å². The molecule has 0 saturated carbocycles. The van der Waals surface area contributed by atoms with Gasteiger partial charge in [0, 0.05) is 25.6 Å². The molecule has 3 heteroatoms. The highest BCUT2D eigenvalue weighted by atomic mass is 16.5. The van der Waals surface area contributed by atoms with Crippen LogP contribution in [-0.2, 0) is 4.74 Å². The first-order valence-corrected chi connectivity index (χ1v) is 3.38. The molecule has 0 saturated heterocycles. The summed E-state index contributed by atoms with van der Waals surface area (Å²) in [4.78, 5) is 0. The molecule has 2 unspecified atom stereocenters. The lowest BCUT2D eigenvalue weighted by molar-refractivity contribution is 0.0931. The highest BCUT2D eigenvalue weighted by Crippen LogP contribution is 1.94. The molecule has 0 spiro atoms. The van der Waals surface area contributed by atoms with E-state index in [0.717, 1.165) is 0 Å². The van der Waals surface area contributed by atoms with E-state index in [1.807, 2.05) is 13.8 Å². The average Bonchev–Trinajstić information content (AvgIpc) is 1.98. The summed E-state index contributed by atoms with van der Waals surface area (Å²) in [5.74, 6) is 0. The molecule has 0 rings (SSSR count). The van der Waals surface area contributed by atoms with Crippen molar-refractivity contribution < 1.29 is 4.74 Å². The van der Waals surface area contributed by atoms with Crippen LogP contribution in [0.3, 0.4) is 0 Å². The topological polar surface area (TPSA) is 47.3 Å². The van der Waals surface area contributed by atoms with Crippen LogP contribution < -0.4 is 11.1 Å².